The van der Waals surface area contributed by atoms with Crippen LogP contribution >= 0.6 is 11.6 Å². The van der Waals surface area contributed by atoms with Gasteiger partial charge in [0, 0.05) is 6.04 Å². The molecule has 1 saturated heterocycles. The van der Waals surface area contributed by atoms with E-state index in [1.807, 2.05) is 6.92 Å². The minimum absolute atomic E-state index is 0.0255. The second kappa shape index (κ2) is 7.20. The van der Waals surface area contributed by atoms with E-state index in [1.165, 1.54) is 6.07 Å². The highest BCUT2D eigenvalue weighted by atomic mass is 35.5. The van der Waals surface area contributed by atoms with Crippen LogP contribution in [0.3, 0.4) is 0 Å². The topological polar surface area (TPSA) is 30.5 Å². The third-order valence-corrected chi connectivity index (χ3v) is 3.49. The average molecular weight is 288 g/mol. The number of nitrogens with one attached hydrogen (secondary N) is 1. The number of halogens is 2. The summed E-state index contributed by atoms with van der Waals surface area (Å²) < 4.78 is 24.3. The van der Waals surface area contributed by atoms with Gasteiger partial charge in [0.05, 0.1) is 30.9 Å². The van der Waals surface area contributed by atoms with Crippen molar-refractivity contribution in [3.63, 3.8) is 0 Å². The maximum absolute atomic E-state index is 13.1. The molecule has 0 aliphatic carbocycles. The predicted octanol–water partition coefficient (Wildman–Crippen LogP) is 2.42. The molecule has 19 heavy (non-hydrogen) atoms. The van der Waals surface area contributed by atoms with Gasteiger partial charge in [0.25, 0.3) is 0 Å². The molecule has 0 saturated carbocycles. The summed E-state index contributed by atoms with van der Waals surface area (Å²) >= 11 is 5.81. The van der Waals surface area contributed by atoms with Gasteiger partial charge in [0.1, 0.15) is 5.82 Å². The first-order valence-electron chi connectivity index (χ1n) is 6.57. The fourth-order valence-electron chi connectivity index (χ4n) is 2.26. The van der Waals surface area contributed by atoms with Crippen molar-refractivity contribution in [1.29, 1.82) is 0 Å². The lowest BCUT2D eigenvalue weighted by atomic mass is 10.0. The summed E-state index contributed by atoms with van der Waals surface area (Å²) in [5.74, 6) is -0.386. The Kier molecular flexibility index (Phi) is 5.58. The van der Waals surface area contributed by atoms with Crippen LogP contribution in [-0.2, 0) is 15.9 Å². The highest BCUT2D eigenvalue weighted by Gasteiger charge is 2.24. The van der Waals surface area contributed by atoms with Gasteiger partial charge in [-0.15, -0.1) is 0 Å². The molecule has 0 radical (unpaired) electrons. The highest BCUT2D eigenvalue weighted by Crippen LogP contribution is 2.18. The van der Waals surface area contributed by atoms with Crippen molar-refractivity contribution in [1.82, 2.24) is 5.32 Å². The Morgan fingerprint density at radius 3 is 2.95 bits per heavy atom. The normalized spacial score (nSPS) is 21.3. The zero-order valence-corrected chi connectivity index (χ0v) is 11.8. The first-order chi connectivity index (χ1) is 9.20. The monoisotopic (exact) mass is 287 g/mol. The van der Waals surface area contributed by atoms with Crippen LogP contribution in [0.2, 0.25) is 5.02 Å². The maximum atomic E-state index is 13.1. The largest absolute Gasteiger partial charge is 0.376 e. The summed E-state index contributed by atoms with van der Waals surface area (Å²) in [6.07, 6.45) is 0.763. The van der Waals surface area contributed by atoms with Crippen molar-refractivity contribution in [3.05, 3.63) is 34.6 Å². The maximum Gasteiger partial charge on any atom is 0.141 e. The quantitative estimate of drug-likeness (QED) is 0.902. The fraction of sp³-hybridized carbons (Fsp3) is 0.571. The standard InChI is InChI=1S/C14H19ClFNO2/c1-2-17-13(14-9-18-5-6-19-14)8-10-3-4-12(16)11(15)7-10/h3-4,7,13-14,17H,2,5-6,8-9H2,1H3. The molecule has 5 heteroatoms. The molecule has 1 aliphatic rings. The molecule has 1 heterocycles. The summed E-state index contributed by atoms with van der Waals surface area (Å²) in [5, 5.41) is 3.55. The Hall–Kier alpha value is -0.680. The Morgan fingerprint density at radius 2 is 2.32 bits per heavy atom. The molecule has 106 valence electrons. The van der Waals surface area contributed by atoms with E-state index in [-0.39, 0.29) is 23.0 Å². The SMILES string of the molecule is CCNC(Cc1ccc(F)c(Cl)c1)C1COCCO1. The molecular formula is C14H19ClFNO2. The van der Waals surface area contributed by atoms with Gasteiger partial charge in [0.2, 0.25) is 0 Å². The Morgan fingerprint density at radius 1 is 1.47 bits per heavy atom. The first-order valence-corrected chi connectivity index (χ1v) is 6.95. The number of ether oxygens (including phenoxy) is 2. The second-order valence-electron chi connectivity index (χ2n) is 4.60. The van der Waals surface area contributed by atoms with Crippen molar-refractivity contribution in [3.8, 4) is 0 Å². The van der Waals surface area contributed by atoms with Crippen LogP contribution in [0.5, 0.6) is 0 Å². The van der Waals surface area contributed by atoms with E-state index in [9.17, 15) is 4.39 Å². The first kappa shape index (κ1) is 14.7. The number of hydrogen-bond acceptors (Lipinski definition) is 3. The summed E-state index contributed by atoms with van der Waals surface area (Å²) in [7, 11) is 0. The van der Waals surface area contributed by atoms with Crippen molar-refractivity contribution in [2.75, 3.05) is 26.4 Å². The van der Waals surface area contributed by atoms with E-state index >= 15 is 0 Å². The lowest BCUT2D eigenvalue weighted by Gasteiger charge is -2.31. The minimum Gasteiger partial charge on any atom is -0.376 e. The van der Waals surface area contributed by atoms with Gasteiger partial charge in [-0.1, -0.05) is 24.6 Å². The van der Waals surface area contributed by atoms with Crippen LogP contribution in [0.15, 0.2) is 18.2 Å². The van der Waals surface area contributed by atoms with Gasteiger partial charge >= 0.3 is 0 Å². The third-order valence-electron chi connectivity index (χ3n) is 3.20. The zero-order chi connectivity index (χ0) is 13.7. The molecule has 2 unspecified atom stereocenters. The van der Waals surface area contributed by atoms with Crippen LogP contribution < -0.4 is 5.32 Å². The van der Waals surface area contributed by atoms with Crippen LogP contribution in [0.25, 0.3) is 0 Å². The molecule has 3 nitrogen and oxygen atoms in total. The summed E-state index contributed by atoms with van der Waals surface area (Å²) in [5.41, 5.74) is 0.992. The van der Waals surface area contributed by atoms with Gasteiger partial charge in [0.15, 0.2) is 0 Å². The number of likely N-dealkylation sites (N-methyl/N-ethyl adjacent to an activating group) is 1. The lowest BCUT2D eigenvalue weighted by Crippen LogP contribution is -2.47. The van der Waals surface area contributed by atoms with Crippen LogP contribution in [0.4, 0.5) is 4.39 Å². The predicted molar refractivity (Wildman–Crippen MR) is 73.1 cm³/mol. The molecule has 2 atom stereocenters. The number of rotatable bonds is 5. The molecule has 1 N–H and O–H groups in total. The van der Waals surface area contributed by atoms with Gasteiger partial charge in [-0.05, 0) is 30.7 Å². The molecular weight excluding hydrogens is 269 g/mol. The fourth-order valence-corrected chi connectivity index (χ4v) is 2.46. The van der Waals surface area contributed by atoms with E-state index < -0.39 is 0 Å². The van der Waals surface area contributed by atoms with E-state index in [0.29, 0.717) is 19.8 Å². The number of benzene rings is 1. The molecule has 1 aromatic carbocycles. The van der Waals surface area contributed by atoms with Crippen LogP contribution in [0.1, 0.15) is 12.5 Å². The van der Waals surface area contributed by atoms with Gasteiger partial charge < -0.3 is 14.8 Å². The summed E-state index contributed by atoms with van der Waals surface area (Å²) in [4.78, 5) is 0. The molecule has 1 aromatic rings. The van der Waals surface area contributed by atoms with Crippen molar-refractivity contribution >= 4 is 11.6 Å². The van der Waals surface area contributed by atoms with Gasteiger partial charge in [-0.2, -0.15) is 0 Å². The molecule has 1 aliphatic heterocycles. The van der Waals surface area contributed by atoms with Crippen LogP contribution in [0, 0.1) is 5.82 Å². The molecule has 0 amide bonds. The van der Waals surface area contributed by atoms with E-state index in [4.69, 9.17) is 21.1 Å². The zero-order valence-electron chi connectivity index (χ0n) is 11.0. The smallest absolute Gasteiger partial charge is 0.141 e. The average Bonchev–Trinajstić information content (AvgIpc) is 2.43. The molecule has 2 rings (SSSR count). The Bertz CT molecular complexity index is 410. The number of hydrogen-bond donors (Lipinski definition) is 1. The highest BCUT2D eigenvalue weighted by molar-refractivity contribution is 6.30. The van der Waals surface area contributed by atoms with Crippen molar-refractivity contribution in [2.24, 2.45) is 0 Å². The Labute approximate surface area is 118 Å². The minimum atomic E-state index is -0.386. The lowest BCUT2D eigenvalue weighted by molar-refractivity contribution is -0.101. The van der Waals surface area contributed by atoms with Crippen LogP contribution in [-0.4, -0.2) is 38.5 Å². The summed E-state index contributed by atoms with van der Waals surface area (Å²) in [6.45, 7) is 4.76. The van der Waals surface area contributed by atoms with Gasteiger partial charge in [-0.3, -0.25) is 0 Å². The van der Waals surface area contributed by atoms with E-state index in [1.54, 1.807) is 12.1 Å². The van der Waals surface area contributed by atoms with Crippen molar-refractivity contribution in [2.45, 2.75) is 25.5 Å². The van der Waals surface area contributed by atoms with E-state index in [0.717, 1.165) is 18.5 Å². The van der Waals surface area contributed by atoms with Gasteiger partial charge in [-0.25, -0.2) is 4.39 Å². The Balaban J connectivity index is 2.04. The molecule has 0 bridgehead atoms. The second-order valence-corrected chi connectivity index (χ2v) is 5.01. The van der Waals surface area contributed by atoms with Crippen molar-refractivity contribution < 1.29 is 13.9 Å². The van der Waals surface area contributed by atoms with E-state index in [2.05, 4.69) is 5.32 Å². The third kappa shape index (κ3) is 4.14. The summed E-state index contributed by atoms with van der Waals surface area (Å²) in [6, 6.07) is 4.98. The molecule has 0 aromatic heterocycles. The molecule has 0 spiro atoms. The molecule has 1 fully saturated rings.